The Balaban J connectivity index is 2.70. The van der Waals surface area contributed by atoms with E-state index in [9.17, 15) is 9.59 Å². The predicted molar refractivity (Wildman–Crippen MR) is 79.7 cm³/mol. The fourth-order valence-corrected chi connectivity index (χ4v) is 2.92. The maximum Gasteiger partial charge on any atom is 0.336 e. The Labute approximate surface area is 129 Å². The summed E-state index contributed by atoms with van der Waals surface area (Å²) in [7, 11) is 1.62. The zero-order chi connectivity index (χ0) is 15.1. The Morgan fingerprint density at radius 2 is 2.20 bits per heavy atom. The third-order valence-electron chi connectivity index (χ3n) is 2.51. The molecule has 7 heteroatoms. The Morgan fingerprint density at radius 1 is 1.50 bits per heavy atom. The number of hydrogen-bond acceptors (Lipinski definition) is 4. The highest BCUT2D eigenvalue weighted by atomic mass is 79.9. The second-order valence-electron chi connectivity index (χ2n) is 3.96. The lowest BCUT2D eigenvalue weighted by atomic mass is 10.2. The molecular weight excluding hydrogens is 344 g/mol. The van der Waals surface area contributed by atoms with Crippen LogP contribution in [0, 0.1) is 11.3 Å². The largest absolute Gasteiger partial charge is 0.478 e. The van der Waals surface area contributed by atoms with Crippen molar-refractivity contribution in [2.24, 2.45) is 0 Å². The van der Waals surface area contributed by atoms with E-state index in [0.29, 0.717) is 11.4 Å². The molecule has 0 atom stereocenters. The molecule has 1 amide bonds. The number of benzene rings is 1. The normalized spacial score (nSPS) is 9.85. The van der Waals surface area contributed by atoms with Gasteiger partial charge < -0.3 is 10.0 Å². The van der Waals surface area contributed by atoms with Gasteiger partial charge in [0.05, 0.1) is 23.8 Å². The predicted octanol–water partition coefficient (Wildman–Crippen LogP) is 2.61. The quantitative estimate of drug-likeness (QED) is 0.792. The zero-order valence-electron chi connectivity index (χ0n) is 10.8. The molecule has 106 valence electrons. The van der Waals surface area contributed by atoms with E-state index in [-0.39, 0.29) is 23.6 Å². The number of rotatable bonds is 6. The molecular formula is C13H13BrN2O3S. The van der Waals surface area contributed by atoms with Crippen molar-refractivity contribution >= 4 is 39.6 Å². The highest BCUT2D eigenvalue weighted by Gasteiger charge is 2.14. The summed E-state index contributed by atoms with van der Waals surface area (Å²) in [5.41, 5.74) is 0.172. The van der Waals surface area contributed by atoms with Crippen LogP contribution in [0.25, 0.3) is 0 Å². The highest BCUT2D eigenvalue weighted by molar-refractivity contribution is 9.10. The van der Waals surface area contributed by atoms with Crippen LogP contribution in [0.3, 0.4) is 0 Å². The van der Waals surface area contributed by atoms with Gasteiger partial charge in [-0.05, 0) is 18.2 Å². The standard InChI is InChI=1S/C13H13BrN2O3S/c1-16(6-2-5-15)12(17)8-20-11-7-9(14)3-4-10(11)13(18)19/h3-4,7H,2,6,8H2,1H3,(H,18,19). The maximum absolute atomic E-state index is 11.8. The first-order chi connectivity index (χ1) is 9.45. The summed E-state index contributed by atoms with van der Waals surface area (Å²) < 4.78 is 0.760. The first-order valence-electron chi connectivity index (χ1n) is 5.72. The minimum Gasteiger partial charge on any atom is -0.478 e. The Kier molecular flexibility index (Phi) is 6.55. The van der Waals surface area contributed by atoms with Crippen molar-refractivity contribution in [3.8, 4) is 6.07 Å². The number of carbonyl (C=O) groups excluding carboxylic acids is 1. The second kappa shape index (κ2) is 7.92. The molecule has 20 heavy (non-hydrogen) atoms. The summed E-state index contributed by atoms with van der Waals surface area (Å²) in [6, 6.07) is 6.80. The molecule has 5 nitrogen and oxygen atoms in total. The average molecular weight is 357 g/mol. The van der Waals surface area contributed by atoms with Gasteiger partial charge in [-0.3, -0.25) is 4.79 Å². The third kappa shape index (κ3) is 4.87. The average Bonchev–Trinajstić information content (AvgIpc) is 2.41. The molecule has 0 saturated carbocycles. The van der Waals surface area contributed by atoms with Gasteiger partial charge in [-0.15, -0.1) is 11.8 Å². The van der Waals surface area contributed by atoms with Gasteiger partial charge in [0, 0.05) is 23.0 Å². The number of hydrogen-bond donors (Lipinski definition) is 1. The number of nitriles is 1. The van der Waals surface area contributed by atoms with Crippen LogP contribution in [0.4, 0.5) is 0 Å². The minimum absolute atomic E-state index is 0.137. The lowest BCUT2D eigenvalue weighted by Crippen LogP contribution is -2.29. The van der Waals surface area contributed by atoms with Gasteiger partial charge in [0.25, 0.3) is 0 Å². The van der Waals surface area contributed by atoms with Crippen LogP contribution in [-0.2, 0) is 4.79 Å². The summed E-state index contributed by atoms with van der Waals surface area (Å²) in [6.45, 7) is 0.375. The van der Waals surface area contributed by atoms with Gasteiger partial charge in [0.15, 0.2) is 0 Å². The Bertz CT molecular complexity index is 557. The van der Waals surface area contributed by atoms with Crippen molar-refractivity contribution in [2.45, 2.75) is 11.3 Å². The number of carbonyl (C=O) groups is 2. The number of carboxylic acids is 1. The maximum atomic E-state index is 11.8. The zero-order valence-corrected chi connectivity index (χ0v) is 13.2. The van der Waals surface area contributed by atoms with Crippen LogP contribution in [0.15, 0.2) is 27.6 Å². The van der Waals surface area contributed by atoms with Gasteiger partial charge in [-0.2, -0.15) is 5.26 Å². The van der Waals surface area contributed by atoms with Crippen molar-refractivity contribution < 1.29 is 14.7 Å². The van der Waals surface area contributed by atoms with Crippen LogP contribution in [0.1, 0.15) is 16.8 Å². The molecule has 1 N–H and O–H groups in total. The number of nitrogens with zero attached hydrogens (tertiary/aromatic N) is 2. The monoisotopic (exact) mass is 356 g/mol. The van der Waals surface area contributed by atoms with Gasteiger partial charge >= 0.3 is 5.97 Å². The van der Waals surface area contributed by atoms with E-state index in [1.807, 2.05) is 6.07 Å². The first kappa shape index (κ1) is 16.5. The van der Waals surface area contributed by atoms with Crippen molar-refractivity contribution in [3.05, 3.63) is 28.2 Å². The summed E-state index contributed by atoms with van der Waals surface area (Å²) in [5, 5.41) is 17.6. The van der Waals surface area contributed by atoms with E-state index >= 15 is 0 Å². The third-order valence-corrected chi connectivity index (χ3v) is 4.04. The van der Waals surface area contributed by atoms with E-state index in [1.54, 1.807) is 19.2 Å². The van der Waals surface area contributed by atoms with E-state index in [1.165, 1.54) is 22.7 Å². The number of carboxylic acid groups (broad SMARTS) is 1. The van der Waals surface area contributed by atoms with Crippen LogP contribution < -0.4 is 0 Å². The molecule has 0 aliphatic rings. The molecule has 0 unspecified atom stereocenters. The molecule has 0 aliphatic heterocycles. The van der Waals surface area contributed by atoms with E-state index in [4.69, 9.17) is 10.4 Å². The van der Waals surface area contributed by atoms with Crippen molar-refractivity contribution in [1.29, 1.82) is 5.26 Å². The number of aromatic carboxylic acids is 1. The van der Waals surface area contributed by atoms with Crippen molar-refractivity contribution in [3.63, 3.8) is 0 Å². The fourth-order valence-electron chi connectivity index (χ4n) is 1.38. The van der Waals surface area contributed by atoms with Crippen LogP contribution in [-0.4, -0.2) is 41.2 Å². The van der Waals surface area contributed by atoms with Crippen molar-refractivity contribution in [2.75, 3.05) is 19.3 Å². The summed E-state index contributed by atoms with van der Waals surface area (Å²) >= 11 is 4.45. The summed E-state index contributed by atoms with van der Waals surface area (Å²) in [6.07, 6.45) is 0.282. The van der Waals surface area contributed by atoms with E-state index in [0.717, 1.165) is 4.47 Å². The molecule has 0 saturated heterocycles. The Morgan fingerprint density at radius 3 is 2.80 bits per heavy atom. The molecule has 0 aliphatic carbocycles. The van der Waals surface area contributed by atoms with Crippen LogP contribution in [0.2, 0.25) is 0 Å². The number of halogens is 1. The molecule has 1 aromatic rings. The van der Waals surface area contributed by atoms with Gasteiger partial charge in [-0.1, -0.05) is 15.9 Å². The fraction of sp³-hybridized carbons (Fsp3) is 0.308. The minimum atomic E-state index is -1.02. The summed E-state index contributed by atoms with van der Waals surface area (Å²) in [4.78, 5) is 24.9. The van der Waals surface area contributed by atoms with E-state index < -0.39 is 5.97 Å². The summed E-state index contributed by atoms with van der Waals surface area (Å²) in [5.74, 6) is -1.02. The highest BCUT2D eigenvalue weighted by Crippen LogP contribution is 2.26. The SMILES string of the molecule is CN(CCC#N)C(=O)CSc1cc(Br)ccc1C(=O)O. The molecule has 0 bridgehead atoms. The van der Waals surface area contributed by atoms with Crippen LogP contribution >= 0.6 is 27.7 Å². The molecule has 1 rings (SSSR count). The molecule has 1 aromatic carbocycles. The molecule has 0 fully saturated rings. The first-order valence-corrected chi connectivity index (χ1v) is 7.50. The van der Waals surface area contributed by atoms with Gasteiger partial charge in [0.2, 0.25) is 5.91 Å². The molecule has 0 aromatic heterocycles. The topological polar surface area (TPSA) is 81.4 Å². The Hall–Kier alpha value is -1.52. The second-order valence-corrected chi connectivity index (χ2v) is 5.89. The van der Waals surface area contributed by atoms with E-state index in [2.05, 4.69) is 15.9 Å². The van der Waals surface area contributed by atoms with Gasteiger partial charge in [-0.25, -0.2) is 4.79 Å². The van der Waals surface area contributed by atoms with Crippen molar-refractivity contribution in [1.82, 2.24) is 4.90 Å². The molecule has 0 radical (unpaired) electrons. The lowest BCUT2D eigenvalue weighted by Gasteiger charge is -2.15. The van der Waals surface area contributed by atoms with Crippen LogP contribution in [0.5, 0.6) is 0 Å². The number of amides is 1. The van der Waals surface area contributed by atoms with Gasteiger partial charge in [0.1, 0.15) is 0 Å². The lowest BCUT2D eigenvalue weighted by molar-refractivity contribution is -0.127. The molecule has 0 spiro atoms. The smallest absolute Gasteiger partial charge is 0.336 e. The molecule has 0 heterocycles. The number of thioether (sulfide) groups is 1.